The van der Waals surface area contributed by atoms with Crippen LogP contribution in [0.5, 0.6) is 5.75 Å². The molecular formula is C27H27N3O4. The van der Waals surface area contributed by atoms with Crippen LogP contribution in [0.15, 0.2) is 60.8 Å². The molecule has 0 atom stereocenters. The second kappa shape index (κ2) is 8.48. The molecule has 1 amide bonds. The van der Waals surface area contributed by atoms with E-state index in [0.29, 0.717) is 24.2 Å². The predicted octanol–water partition coefficient (Wildman–Crippen LogP) is 4.20. The number of methoxy groups -OCH3 is 1. The molecule has 0 aliphatic carbocycles. The monoisotopic (exact) mass is 457 g/mol. The van der Waals surface area contributed by atoms with E-state index >= 15 is 0 Å². The summed E-state index contributed by atoms with van der Waals surface area (Å²) < 4.78 is 7.65. The van der Waals surface area contributed by atoms with Gasteiger partial charge in [-0.3, -0.25) is 14.4 Å². The first-order valence-corrected chi connectivity index (χ1v) is 11.5. The zero-order valence-electron chi connectivity index (χ0n) is 19.3. The molecule has 2 aliphatic heterocycles. The van der Waals surface area contributed by atoms with E-state index < -0.39 is 0 Å². The minimum atomic E-state index is -0.261. The third-order valence-corrected chi connectivity index (χ3v) is 6.84. The van der Waals surface area contributed by atoms with Gasteiger partial charge in [0, 0.05) is 42.2 Å². The quantitative estimate of drug-likeness (QED) is 0.459. The maximum atomic E-state index is 13.2. The van der Waals surface area contributed by atoms with E-state index in [-0.39, 0.29) is 29.4 Å². The minimum absolute atomic E-state index is 0.0475. The van der Waals surface area contributed by atoms with E-state index in [0.717, 1.165) is 30.0 Å². The van der Waals surface area contributed by atoms with Crippen molar-refractivity contribution in [3.63, 3.8) is 0 Å². The number of piperidine rings is 1. The van der Waals surface area contributed by atoms with E-state index in [4.69, 9.17) is 4.74 Å². The summed E-state index contributed by atoms with van der Waals surface area (Å²) in [5.41, 5.74) is 4.04. The number of rotatable bonds is 5. The van der Waals surface area contributed by atoms with Crippen LogP contribution < -0.4 is 10.1 Å². The number of hydrogen-bond donors (Lipinski definition) is 1. The van der Waals surface area contributed by atoms with Crippen molar-refractivity contribution in [2.24, 2.45) is 0 Å². The van der Waals surface area contributed by atoms with Crippen LogP contribution in [0.2, 0.25) is 0 Å². The second-order valence-electron chi connectivity index (χ2n) is 9.03. The molecular weight excluding hydrogens is 430 g/mol. The highest BCUT2D eigenvalue weighted by atomic mass is 16.5. The van der Waals surface area contributed by atoms with E-state index in [2.05, 4.69) is 34.3 Å². The smallest absolute Gasteiger partial charge is 0.253 e. The molecule has 1 saturated heterocycles. The van der Waals surface area contributed by atoms with Crippen LogP contribution in [0.1, 0.15) is 52.6 Å². The van der Waals surface area contributed by atoms with Gasteiger partial charge in [-0.05, 0) is 56.2 Å². The number of aromatic nitrogens is 1. The molecule has 3 heterocycles. The van der Waals surface area contributed by atoms with Crippen molar-refractivity contribution in [3.05, 3.63) is 77.6 Å². The topological polar surface area (TPSA) is 80.6 Å². The minimum Gasteiger partial charge on any atom is -0.497 e. The highest BCUT2D eigenvalue weighted by Crippen LogP contribution is 2.44. The van der Waals surface area contributed by atoms with Gasteiger partial charge in [0.05, 0.1) is 30.4 Å². The normalized spacial score (nSPS) is 15.8. The van der Waals surface area contributed by atoms with Crippen LogP contribution >= 0.6 is 0 Å². The number of carbonyl (C=O) groups excluding carboxylic acids is 3. The molecule has 7 heteroatoms. The fraction of sp³-hybridized carbons (Fsp3) is 0.296. The molecule has 0 bridgehead atoms. The fourth-order valence-electron chi connectivity index (χ4n) is 5.04. The standard InChI is InChI=1S/C27H27N3O4/c1-18(31)16-24(32)19-5-7-20(8-6-19)26(33)29-14-11-27(12-15-29)25-4-3-13-30(25)23-10-9-21(34-2)17-22(23)28-27/h3-10,13,17,28H,11-12,14-16H2,1-2H3. The summed E-state index contributed by atoms with van der Waals surface area (Å²) in [4.78, 5) is 38.3. The largest absolute Gasteiger partial charge is 0.497 e. The van der Waals surface area contributed by atoms with Gasteiger partial charge < -0.3 is 19.5 Å². The maximum absolute atomic E-state index is 13.2. The maximum Gasteiger partial charge on any atom is 0.253 e. The zero-order chi connectivity index (χ0) is 23.9. The number of carbonyl (C=O) groups is 3. The molecule has 1 spiro atoms. The first kappa shape index (κ1) is 21.9. The number of nitrogens with one attached hydrogen (secondary N) is 1. The molecule has 1 fully saturated rings. The molecule has 174 valence electrons. The van der Waals surface area contributed by atoms with Gasteiger partial charge >= 0.3 is 0 Å². The van der Waals surface area contributed by atoms with E-state index in [9.17, 15) is 14.4 Å². The molecule has 5 rings (SSSR count). The second-order valence-corrected chi connectivity index (χ2v) is 9.03. The van der Waals surface area contributed by atoms with E-state index in [1.165, 1.54) is 12.6 Å². The van der Waals surface area contributed by atoms with Crippen molar-refractivity contribution >= 4 is 23.2 Å². The van der Waals surface area contributed by atoms with Gasteiger partial charge in [-0.15, -0.1) is 0 Å². The lowest BCUT2D eigenvalue weighted by atomic mass is 9.82. The summed E-state index contributed by atoms with van der Waals surface area (Å²) in [6, 6.07) is 16.8. The van der Waals surface area contributed by atoms with Crippen LogP contribution in [0.3, 0.4) is 0 Å². The number of Topliss-reactive ketones (excluding diaryl/α,β-unsaturated/α-hetero) is 2. The molecule has 2 aliphatic rings. The van der Waals surface area contributed by atoms with Gasteiger partial charge in [-0.2, -0.15) is 0 Å². The van der Waals surface area contributed by atoms with Crippen molar-refractivity contribution in [3.8, 4) is 11.4 Å². The Morgan fingerprint density at radius 2 is 1.71 bits per heavy atom. The summed E-state index contributed by atoms with van der Waals surface area (Å²) in [6.07, 6.45) is 3.50. The van der Waals surface area contributed by atoms with E-state index in [1.807, 2.05) is 17.0 Å². The molecule has 0 radical (unpaired) electrons. The van der Waals surface area contributed by atoms with Gasteiger partial charge in [-0.1, -0.05) is 12.1 Å². The average molecular weight is 458 g/mol. The molecule has 1 aromatic heterocycles. The molecule has 0 saturated carbocycles. The van der Waals surface area contributed by atoms with Crippen LogP contribution in [-0.4, -0.2) is 47.1 Å². The highest BCUT2D eigenvalue weighted by molar-refractivity contribution is 6.07. The fourth-order valence-corrected chi connectivity index (χ4v) is 5.04. The van der Waals surface area contributed by atoms with E-state index in [1.54, 1.807) is 31.4 Å². The first-order chi connectivity index (χ1) is 16.4. The van der Waals surface area contributed by atoms with Gasteiger partial charge in [0.2, 0.25) is 0 Å². The van der Waals surface area contributed by atoms with Crippen LogP contribution in [0.4, 0.5) is 5.69 Å². The Bertz CT molecular complexity index is 1270. The average Bonchev–Trinajstić information content (AvgIpc) is 3.35. The number of amides is 1. The summed E-state index contributed by atoms with van der Waals surface area (Å²) in [7, 11) is 1.66. The number of ether oxygens (including phenoxy) is 1. The lowest BCUT2D eigenvalue weighted by molar-refractivity contribution is -0.116. The Kier molecular flexibility index (Phi) is 5.48. The number of ketones is 2. The molecule has 34 heavy (non-hydrogen) atoms. The Morgan fingerprint density at radius 3 is 2.38 bits per heavy atom. The number of likely N-dealkylation sites (tertiary alicyclic amines) is 1. The zero-order valence-corrected chi connectivity index (χ0v) is 19.3. The molecule has 1 N–H and O–H groups in total. The van der Waals surface area contributed by atoms with Crippen LogP contribution in [-0.2, 0) is 10.3 Å². The van der Waals surface area contributed by atoms with Crippen molar-refractivity contribution in [2.75, 3.05) is 25.5 Å². The molecule has 2 aromatic carbocycles. The third-order valence-electron chi connectivity index (χ3n) is 6.84. The van der Waals surface area contributed by atoms with Gasteiger partial charge in [0.15, 0.2) is 5.78 Å². The lowest BCUT2D eigenvalue weighted by Crippen LogP contribution is -2.51. The first-order valence-electron chi connectivity index (χ1n) is 11.5. The summed E-state index contributed by atoms with van der Waals surface area (Å²) >= 11 is 0. The third kappa shape index (κ3) is 3.77. The van der Waals surface area contributed by atoms with Crippen molar-refractivity contribution in [2.45, 2.75) is 31.7 Å². The van der Waals surface area contributed by atoms with Crippen molar-refractivity contribution in [1.82, 2.24) is 9.47 Å². The predicted molar refractivity (Wildman–Crippen MR) is 129 cm³/mol. The molecule has 0 unspecified atom stereocenters. The number of benzene rings is 2. The SMILES string of the molecule is COc1ccc2c(c1)NC1(CCN(C(=O)c3ccc(C(=O)CC(C)=O)cc3)CC1)c1cccn1-2. The number of hydrogen-bond acceptors (Lipinski definition) is 5. The van der Waals surface area contributed by atoms with Crippen LogP contribution in [0, 0.1) is 0 Å². The Balaban J connectivity index is 1.32. The van der Waals surface area contributed by atoms with Crippen molar-refractivity contribution < 1.29 is 19.1 Å². The number of anilines is 1. The van der Waals surface area contributed by atoms with Gasteiger partial charge in [0.1, 0.15) is 11.5 Å². The molecule has 3 aromatic rings. The van der Waals surface area contributed by atoms with Gasteiger partial charge in [0.25, 0.3) is 5.91 Å². The van der Waals surface area contributed by atoms with Crippen LogP contribution in [0.25, 0.3) is 5.69 Å². The number of fused-ring (bicyclic) bond motifs is 4. The van der Waals surface area contributed by atoms with Gasteiger partial charge in [-0.25, -0.2) is 0 Å². The number of nitrogens with zero attached hydrogens (tertiary/aromatic N) is 2. The molecule has 7 nitrogen and oxygen atoms in total. The summed E-state index contributed by atoms with van der Waals surface area (Å²) in [5.74, 6) is 0.356. The lowest BCUT2D eigenvalue weighted by Gasteiger charge is -2.46. The Labute approximate surface area is 198 Å². The Morgan fingerprint density at radius 1 is 1.00 bits per heavy atom. The Hall–Kier alpha value is -3.87. The summed E-state index contributed by atoms with van der Waals surface area (Å²) in [5, 5.41) is 3.76. The highest BCUT2D eigenvalue weighted by Gasteiger charge is 2.42. The van der Waals surface area contributed by atoms with Crippen molar-refractivity contribution in [1.29, 1.82) is 0 Å². The summed E-state index contributed by atoms with van der Waals surface area (Å²) in [6.45, 7) is 2.62.